The molecule has 0 aliphatic rings. The van der Waals surface area contributed by atoms with Gasteiger partial charge in [0.2, 0.25) is 0 Å². The van der Waals surface area contributed by atoms with Crippen molar-refractivity contribution in [2.75, 3.05) is 0 Å². The Hall–Kier alpha value is -0.810. The molecule has 0 fully saturated rings. The molecule has 0 amide bonds. The van der Waals surface area contributed by atoms with E-state index in [4.69, 9.17) is 11.6 Å². The van der Waals surface area contributed by atoms with Crippen molar-refractivity contribution in [2.24, 2.45) is 0 Å². The lowest BCUT2D eigenvalue weighted by atomic mass is 10.0. The predicted molar refractivity (Wildman–Crippen MR) is 56.4 cm³/mol. The number of halogens is 5. The van der Waals surface area contributed by atoms with E-state index in [1.54, 1.807) is 0 Å². The minimum Gasteiger partial charge on any atom is -0.393 e. The van der Waals surface area contributed by atoms with Gasteiger partial charge in [-0.3, -0.25) is 0 Å². The molecule has 0 aliphatic carbocycles. The van der Waals surface area contributed by atoms with Gasteiger partial charge in [-0.15, -0.1) is 0 Å². The van der Waals surface area contributed by atoms with E-state index in [2.05, 4.69) is 0 Å². The van der Waals surface area contributed by atoms with Gasteiger partial charge in [0.1, 0.15) is 5.82 Å². The monoisotopic (exact) mass is 270 g/mol. The Morgan fingerprint density at radius 1 is 1.29 bits per heavy atom. The Balaban J connectivity index is 2.56. The predicted octanol–water partition coefficient (Wildman–Crippen LogP) is 3.73. The molecule has 0 aliphatic heterocycles. The standard InChI is InChI=1S/C11H11ClF4O/c12-8-1-2-10(13)7(5-8)6-9(17)3-4-11(14,15)16/h1-2,5,9,17H,3-4,6H2. The van der Waals surface area contributed by atoms with Gasteiger partial charge < -0.3 is 5.11 Å². The Labute approximate surface area is 101 Å². The van der Waals surface area contributed by atoms with Crippen molar-refractivity contribution in [2.45, 2.75) is 31.5 Å². The van der Waals surface area contributed by atoms with E-state index in [-0.39, 0.29) is 17.0 Å². The summed E-state index contributed by atoms with van der Waals surface area (Å²) in [7, 11) is 0. The highest BCUT2D eigenvalue weighted by molar-refractivity contribution is 6.30. The van der Waals surface area contributed by atoms with Crippen molar-refractivity contribution in [1.29, 1.82) is 0 Å². The Bertz CT molecular complexity index is 378. The van der Waals surface area contributed by atoms with Gasteiger partial charge in [0.25, 0.3) is 0 Å². The molecule has 1 atom stereocenters. The average molecular weight is 271 g/mol. The molecule has 1 rings (SSSR count). The third-order valence-corrected chi connectivity index (χ3v) is 2.46. The van der Waals surface area contributed by atoms with E-state index in [0.717, 1.165) is 6.07 Å². The molecule has 0 heterocycles. The molecule has 0 spiro atoms. The summed E-state index contributed by atoms with van der Waals surface area (Å²) in [5.41, 5.74) is 0.118. The van der Waals surface area contributed by atoms with E-state index in [9.17, 15) is 22.7 Å². The first kappa shape index (κ1) is 14.3. The average Bonchev–Trinajstić information content (AvgIpc) is 2.20. The lowest BCUT2D eigenvalue weighted by molar-refractivity contribution is -0.139. The molecule has 1 aromatic rings. The first-order chi connectivity index (χ1) is 7.78. The maximum Gasteiger partial charge on any atom is 0.389 e. The molecule has 1 aromatic carbocycles. The van der Waals surface area contributed by atoms with Crippen LogP contribution < -0.4 is 0 Å². The molecule has 96 valence electrons. The van der Waals surface area contributed by atoms with Crippen LogP contribution >= 0.6 is 11.6 Å². The lowest BCUT2D eigenvalue weighted by Crippen LogP contribution is -2.16. The minimum absolute atomic E-state index is 0.118. The van der Waals surface area contributed by atoms with Crippen LogP contribution in [0.4, 0.5) is 17.6 Å². The quantitative estimate of drug-likeness (QED) is 0.827. The van der Waals surface area contributed by atoms with Crippen LogP contribution in [-0.2, 0) is 6.42 Å². The first-order valence-corrected chi connectivity index (χ1v) is 5.34. The summed E-state index contributed by atoms with van der Waals surface area (Å²) < 4.78 is 48.9. The first-order valence-electron chi connectivity index (χ1n) is 4.96. The summed E-state index contributed by atoms with van der Waals surface area (Å²) in [5, 5.41) is 9.65. The fourth-order valence-electron chi connectivity index (χ4n) is 1.39. The summed E-state index contributed by atoms with van der Waals surface area (Å²) in [4.78, 5) is 0. The van der Waals surface area contributed by atoms with Gasteiger partial charge in [-0.1, -0.05) is 11.6 Å². The van der Waals surface area contributed by atoms with Crippen molar-refractivity contribution >= 4 is 11.6 Å². The molecule has 0 saturated carbocycles. The van der Waals surface area contributed by atoms with Gasteiger partial charge in [-0.25, -0.2) is 4.39 Å². The zero-order valence-corrected chi connectivity index (χ0v) is 9.52. The molecular formula is C11H11ClF4O. The molecular weight excluding hydrogens is 260 g/mol. The molecule has 6 heteroatoms. The van der Waals surface area contributed by atoms with Gasteiger partial charge in [0.05, 0.1) is 6.10 Å². The molecule has 0 aromatic heterocycles. The third kappa shape index (κ3) is 5.37. The number of hydrogen-bond donors (Lipinski definition) is 1. The second-order valence-electron chi connectivity index (χ2n) is 3.75. The number of aliphatic hydroxyl groups excluding tert-OH is 1. The minimum atomic E-state index is -4.31. The third-order valence-electron chi connectivity index (χ3n) is 2.22. The number of benzene rings is 1. The Morgan fingerprint density at radius 2 is 1.94 bits per heavy atom. The van der Waals surface area contributed by atoms with Crippen molar-refractivity contribution in [1.82, 2.24) is 0 Å². The highest BCUT2D eigenvalue weighted by Gasteiger charge is 2.28. The largest absolute Gasteiger partial charge is 0.393 e. The van der Waals surface area contributed by atoms with Gasteiger partial charge in [0.15, 0.2) is 0 Å². The van der Waals surface area contributed by atoms with Crippen molar-refractivity contribution in [3.63, 3.8) is 0 Å². The lowest BCUT2D eigenvalue weighted by Gasteiger charge is -2.13. The highest BCUT2D eigenvalue weighted by Crippen LogP contribution is 2.24. The molecule has 0 radical (unpaired) electrons. The van der Waals surface area contributed by atoms with Gasteiger partial charge in [-0.2, -0.15) is 13.2 Å². The van der Waals surface area contributed by atoms with Crippen LogP contribution in [0.5, 0.6) is 0 Å². The van der Waals surface area contributed by atoms with E-state index in [0.29, 0.717) is 0 Å². The van der Waals surface area contributed by atoms with Crippen LogP contribution in [0.25, 0.3) is 0 Å². The zero-order valence-electron chi connectivity index (χ0n) is 8.77. The second kappa shape index (κ2) is 5.69. The second-order valence-corrected chi connectivity index (χ2v) is 4.18. The maximum atomic E-state index is 13.2. The fraction of sp³-hybridized carbons (Fsp3) is 0.455. The van der Waals surface area contributed by atoms with Crippen LogP contribution in [0.3, 0.4) is 0 Å². The van der Waals surface area contributed by atoms with E-state index < -0.39 is 30.9 Å². The summed E-state index contributed by atoms with van der Waals surface area (Å²) in [6, 6.07) is 3.75. The van der Waals surface area contributed by atoms with Gasteiger partial charge in [0, 0.05) is 17.9 Å². The molecule has 1 unspecified atom stereocenters. The van der Waals surface area contributed by atoms with E-state index in [1.165, 1.54) is 12.1 Å². The van der Waals surface area contributed by atoms with Gasteiger partial charge in [-0.05, 0) is 30.2 Å². The van der Waals surface area contributed by atoms with Crippen molar-refractivity contribution < 1.29 is 22.7 Å². The Morgan fingerprint density at radius 3 is 2.53 bits per heavy atom. The normalized spacial score (nSPS) is 13.8. The topological polar surface area (TPSA) is 20.2 Å². The molecule has 0 bridgehead atoms. The smallest absolute Gasteiger partial charge is 0.389 e. The van der Waals surface area contributed by atoms with Crippen LogP contribution in [0, 0.1) is 5.82 Å². The van der Waals surface area contributed by atoms with Gasteiger partial charge >= 0.3 is 6.18 Å². The van der Waals surface area contributed by atoms with Crippen LogP contribution in [0.1, 0.15) is 18.4 Å². The number of alkyl halides is 3. The SMILES string of the molecule is OC(CCC(F)(F)F)Cc1cc(Cl)ccc1F. The summed E-state index contributed by atoms with van der Waals surface area (Å²) >= 11 is 5.62. The maximum absolute atomic E-state index is 13.2. The summed E-state index contributed by atoms with van der Waals surface area (Å²) in [6.45, 7) is 0. The van der Waals surface area contributed by atoms with Crippen LogP contribution in [0.2, 0.25) is 5.02 Å². The molecule has 1 N–H and O–H groups in total. The highest BCUT2D eigenvalue weighted by atomic mass is 35.5. The van der Waals surface area contributed by atoms with Crippen LogP contribution in [-0.4, -0.2) is 17.4 Å². The molecule has 17 heavy (non-hydrogen) atoms. The van der Waals surface area contributed by atoms with E-state index in [1.807, 2.05) is 0 Å². The number of rotatable bonds is 4. The number of aliphatic hydroxyl groups is 1. The van der Waals surface area contributed by atoms with Crippen molar-refractivity contribution in [3.8, 4) is 0 Å². The number of hydrogen-bond acceptors (Lipinski definition) is 1. The molecule has 1 nitrogen and oxygen atoms in total. The van der Waals surface area contributed by atoms with Crippen LogP contribution in [0.15, 0.2) is 18.2 Å². The summed E-state index contributed by atoms with van der Waals surface area (Å²) in [6.07, 6.45) is -7.26. The zero-order chi connectivity index (χ0) is 13.1. The summed E-state index contributed by atoms with van der Waals surface area (Å²) in [5.74, 6) is -0.583. The Kier molecular flexibility index (Phi) is 4.77. The molecule has 0 saturated heterocycles. The fourth-order valence-corrected chi connectivity index (χ4v) is 1.58. The van der Waals surface area contributed by atoms with E-state index >= 15 is 0 Å². The van der Waals surface area contributed by atoms with Crippen molar-refractivity contribution in [3.05, 3.63) is 34.6 Å².